The quantitative estimate of drug-likeness (QED) is 0.612. The Morgan fingerprint density at radius 2 is 2.04 bits per heavy atom. The van der Waals surface area contributed by atoms with Crippen LogP contribution in [-0.2, 0) is 11.2 Å². The minimum absolute atomic E-state index is 0.201. The third-order valence-electron chi connectivity index (χ3n) is 5.14. The molecule has 0 N–H and O–H groups in total. The summed E-state index contributed by atoms with van der Waals surface area (Å²) in [5.74, 6) is 1.52. The Kier molecular flexibility index (Phi) is 6.08. The molecular weight excluding hydrogens is 327 g/mol. The number of Topliss-reactive ketones (excluding diaryl/α,β-unsaturated/α-hetero) is 1. The van der Waals surface area contributed by atoms with Crippen LogP contribution in [0.1, 0.15) is 51.5 Å². The first kappa shape index (κ1) is 18.6. The molecule has 2 nitrogen and oxygen atoms in total. The summed E-state index contributed by atoms with van der Waals surface area (Å²) in [6.45, 7) is 3.88. The highest BCUT2D eigenvalue weighted by Crippen LogP contribution is 2.33. The Balaban J connectivity index is 1.85. The molecule has 0 bridgehead atoms. The fraction of sp³-hybridized carbons (Fsp3) is 0.435. The van der Waals surface area contributed by atoms with Crippen molar-refractivity contribution in [3.8, 4) is 16.9 Å². The van der Waals surface area contributed by atoms with Crippen molar-refractivity contribution in [1.29, 1.82) is 0 Å². The zero-order valence-electron chi connectivity index (χ0n) is 15.6. The van der Waals surface area contributed by atoms with Crippen LogP contribution in [0.15, 0.2) is 42.5 Å². The van der Waals surface area contributed by atoms with Crippen molar-refractivity contribution < 1.29 is 13.9 Å². The smallest absolute Gasteiger partial charge is 0.129 e. The van der Waals surface area contributed by atoms with Crippen LogP contribution in [-0.4, -0.2) is 11.9 Å². The lowest BCUT2D eigenvalue weighted by molar-refractivity contribution is -0.117. The van der Waals surface area contributed by atoms with Crippen molar-refractivity contribution in [2.45, 2.75) is 58.5 Å². The average Bonchev–Trinajstić information content (AvgIpc) is 3.00. The first-order chi connectivity index (χ1) is 12.5. The zero-order chi connectivity index (χ0) is 18.5. The molecule has 1 aliphatic carbocycles. The largest absolute Gasteiger partial charge is 0.490 e. The molecule has 3 rings (SSSR count). The second-order valence-corrected chi connectivity index (χ2v) is 7.54. The van der Waals surface area contributed by atoms with E-state index in [-0.39, 0.29) is 17.7 Å². The van der Waals surface area contributed by atoms with Gasteiger partial charge in [0, 0.05) is 6.42 Å². The zero-order valence-corrected chi connectivity index (χ0v) is 15.6. The standard InChI is InChI=1S/C23H27FO2/c1-16-9-11-21(13-16)26-22-12-10-18(6-3-5-17(2)25)23(15-22)19-7-4-8-20(24)14-19/h4,7-8,10,12,14-16,21H,3,5-6,9,11,13H2,1-2H3/t16-,21-/m1/s1. The van der Waals surface area contributed by atoms with E-state index in [1.807, 2.05) is 18.2 Å². The third-order valence-corrected chi connectivity index (χ3v) is 5.14. The number of carbonyl (C=O) groups is 1. The summed E-state index contributed by atoms with van der Waals surface area (Å²) < 4.78 is 19.9. The van der Waals surface area contributed by atoms with Crippen molar-refractivity contribution in [2.75, 3.05) is 0 Å². The van der Waals surface area contributed by atoms with Gasteiger partial charge in [-0.05, 0) is 85.9 Å². The van der Waals surface area contributed by atoms with Gasteiger partial charge >= 0.3 is 0 Å². The normalized spacial score (nSPS) is 19.5. The van der Waals surface area contributed by atoms with Crippen molar-refractivity contribution in [2.24, 2.45) is 5.92 Å². The van der Waals surface area contributed by atoms with E-state index in [9.17, 15) is 9.18 Å². The first-order valence-electron chi connectivity index (χ1n) is 9.56. The van der Waals surface area contributed by atoms with E-state index in [0.717, 1.165) is 48.1 Å². The van der Waals surface area contributed by atoms with E-state index >= 15 is 0 Å². The van der Waals surface area contributed by atoms with E-state index in [0.29, 0.717) is 12.3 Å². The lowest BCUT2D eigenvalue weighted by atomic mass is 9.95. The number of ketones is 1. The monoisotopic (exact) mass is 354 g/mol. The molecule has 2 atom stereocenters. The Morgan fingerprint density at radius 3 is 2.73 bits per heavy atom. The lowest BCUT2D eigenvalue weighted by Gasteiger charge is -2.17. The maximum atomic E-state index is 13.7. The summed E-state index contributed by atoms with van der Waals surface area (Å²) in [5.41, 5.74) is 2.98. The number of hydrogen-bond donors (Lipinski definition) is 0. The van der Waals surface area contributed by atoms with Crippen LogP contribution in [0.3, 0.4) is 0 Å². The maximum absolute atomic E-state index is 13.7. The second-order valence-electron chi connectivity index (χ2n) is 7.54. The van der Waals surface area contributed by atoms with Gasteiger partial charge in [-0.1, -0.05) is 25.1 Å². The summed E-state index contributed by atoms with van der Waals surface area (Å²) in [6, 6.07) is 12.8. The predicted molar refractivity (Wildman–Crippen MR) is 103 cm³/mol. The van der Waals surface area contributed by atoms with E-state index in [4.69, 9.17) is 4.74 Å². The molecule has 1 fully saturated rings. The molecule has 2 aromatic carbocycles. The minimum atomic E-state index is -0.242. The Morgan fingerprint density at radius 1 is 1.19 bits per heavy atom. The lowest BCUT2D eigenvalue weighted by Crippen LogP contribution is -2.12. The van der Waals surface area contributed by atoms with Crippen molar-refractivity contribution >= 4 is 5.78 Å². The van der Waals surface area contributed by atoms with Crippen molar-refractivity contribution in [3.05, 3.63) is 53.8 Å². The van der Waals surface area contributed by atoms with E-state index in [1.165, 1.54) is 12.5 Å². The molecule has 0 spiro atoms. The molecule has 0 unspecified atom stereocenters. The van der Waals surface area contributed by atoms with Crippen LogP contribution in [0.2, 0.25) is 0 Å². The summed E-state index contributed by atoms with van der Waals surface area (Å²) >= 11 is 0. The summed E-state index contributed by atoms with van der Waals surface area (Å²) in [4.78, 5) is 11.2. The average molecular weight is 354 g/mol. The fourth-order valence-electron chi connectivity index (χ4n) is 3.75. The van der Waals surface area contributed by atoms with Gasteiger partial charge < -0.3 is 9.53 Å². The topological polar surface area (TPSA) is 26.3 Å². The van der Waals surface area contributed by atoms with Crippen LogP contribution in [0.4, 0.5) is 4.39 Å². The molecule has 2 aromatic rings. The van der Waals surface area contributed by atoms with E-state index < -0.39 is 0 Å². The third kappa shape index (κ3) is 4.94. The fourth-order valence-corrected chi connectivity index (χ4v) is 3.75. The van der Waals surface area contributed by atoms with Crippen LogP contribution >= 0.6 is 0 Å². The number of carbonyl (C=O) groups excluding carboxylic acids is 1. The van der Waals surface area contributed by atoms with Crippen molar-refractivity contribution in [1.82, 2.24) is 0 Å². The molecule has 1 aliphatic rings. The van der Waals surface area contributed by atoms with Gasteiger partial charge in [0.05, 0.1) is 6.10 Å². The molecule has 0 heterocycles. The minimum Gasteiger partial charge on any atom is -0.490 e. The molecule has 1 saturated carbocycles. The number of benzene rings is 2. The molecular formula is C23H27FO2. The Bertz CT molecular complexity index is 769. The second kappa shape index (κ2) is 8.48. The van der Waals surface area contributed by atoms with Crippen LogP contribution in [0, 0.1) is 11.7 Å². The highest BCUT2D eigenvalue weighted by molar-refractivity contribution is 5.75. The van der Waals surface area contributed by atoms with Gasteiger partial charge in [0.2, 0.25) is 0 Å². The van der Waals surface area contributed by atoms with Gasteiger partial charge in [-0.15, -0.1) is 0 Å². The van der Waals surface area contributed by atoms with Gasteiger partial charge in [0.1, 0.15) is 17.3 Å². The Hall–Kier alpha value is -2.16. The number of halogens is 1. The summed E-state index contributed by atoms with van der Waals surface area (Å²) in [5, 5.41) is 0. The van der Waals surface area contributed by atoms with Gasteiger partial charge in [-0.25, -0.2) is 4.39 Å². The van der Waals surface area contributed by atoms with Crippen LogP contribution in [0.25, 0.3) is 11.1 Å². The van der Waals surface area contributed by atoms with Gasteiger partial charge in [-0.2, -0.15) is 0 Å². The molecule has 3 heteroatoms. The predicted octanol–water partition coefficient (Wildman–Crippen LogP) is 5.97. The molecule has 0 saturated heterocycles. The number of rotatable bonds is 7. The first-order valence-corrected chi connectivity index (χ1v) is 9.56. The van der Waals surface area contributed by atoms with Crippen LogP contribution in [0.5, 0.6) is 5.75 Å². The van der Waals surface area contributed by atoms with Gasteiger partial charge in [0.15, 0.2) is 0 Å². The molecule has 0 amide bonds. The highest BCUT2D eigenvalue weighted by Gasteiger charge is 2.23. The van der Waals surface area contributed by atoms with Gasteiger partial charge in [0.25, 0.3) is 0 Å². The molecule has 138 valence electrons. The number of ether oxygens (including phenoxy) is 1. The molecule has 0 radical (unpaired) electrons. The SMILES string of the molecule is CC(=O)CCCc1ccc(O[C@@H]2CC[C@@H](C)C2)cc1-c1cccc(F)c1. The highest BCUT2D eigenvalue weighted by atomic mass is 19.1. The number of aryl methyl sites for hydroxylation is 1. The van der Waals surface area contributed by atoms with E-state index in [1.54, 1.807) is 19.1 Å². The van der Waals surface area contributed by atoms with Crippen molar-refractivity contribution in [3.63, 3.8) is 0 Å². The molecule has 26 heavy (non-hydrogen) atoms. The summed E-state index contributed by atoms with van der Waals surface area (Å²) in [7, 11) is 0. The van der Waals surface area contributed by atoms with Crippen LogP contribution < -0.4 is 4.74 Å². The van der Waals surface area contributed by atoms with Gasteiger partial charge in [-0.3, -0.25) is 0 Å². The Labute approximate surface area is 155 Å². The molecule has 0 aliphatic heterocycles. The molecule has 0 aromatic heterocycles. The summed E-state index contributed by atoms with van der Waals surface area (Å²) in [6.07, 6.45) is 5.84. The maximum Gasteiger partial charge on any atom is 0.129 e. The van der Waals surface area contributed by atoms with E-state index in [2.05, 4.69) is 13.0 Å². The number of hydrogen-bond acceptors (Lipinski definition) is 2.